The lowest BCUT2D eigenvalue weighted by Crippen LogP contribution is -2.31. The van der Waals surface area contributed by atoms with Gasteiger partial charge in [0.15, 0.2) is 0 Å². The molecule has 0 aromatic carbocycles. The van der Waals surface area contributed by atoms with E-state index >= 15 is 0 Å². The Bertz CT molecular complexity index is 424. The topological polar surface area (TPSA) is 67.6 Å². The number of hydrogen-bond acceptors (Lipinski definition) is 5. The number of aliphatic hydroxyl groups is 1. The molecule has 0 saturated heterocycles. The number of halogens is 1. The Morgan fingerprint density at radius 3 is 2.94 bits per heavy atom. The number of anilines is 1. The van der Waals surface area contributed by atoms with E-state index in [0.29, 0.717) is 18.5 Å². The number of ether oxygens (including phenoxy) is 1. The molecule has 1 aromatic rings. The van der Waals surface area contributed by atoms with Gasteiger partial charge in [0.05, 0.1) is 31.1 Å². The van der Waals surface area contributed by atoms with Crippen LogP contribution in [-0.2, 0) is 11.3 Å². The molecule has 0 fully saturated rings. The molecule has 18 heavy (non-hydrogen) atoms. The molecule has 0 radical (unpaired) electrons. The van der Waals surface area contributed by atoms with Crippen LogP contribution < -0.4 is 10.5 Å². The first-order valence-corrected chi connectivity index (χ1v) is 6.72. The second-order valence-corrected chi connectivity index (χ2v) is 4.60. The third kappa shape index (κ3) is 4.40. The summed E-state index contributed by atoms with van der Waals surface area (Å²) in [5, 5.41) is 13.9. The molecule has 0 aliphatic rings. The summed E-state index contributed by atoms with van der Waals surface area (Å²) in [5.74, 6) is 0. The minimum Gasteiger partial charge on any atom is -0.390 e. The van der Waals surface area contributed by atoms with Crippen molar-refractivity contribution in [2.75, 3.05) is 37.5 Å². The Morgan fingerprint density at radius 1 is 1.67 bits per heavy atom. The van der Waals surface area contributed by atoms with Gasteiger partial charge >= 0.3 is 0 Å². The molecule has 7 heteroatoms. The molecule has 1 rings (SSSR count). The molecule has 0 aliphatic heterocycles. The first-order valence-electron chi connectivity index (χ1n) is 5.59. The highest BCUT2D eigenvalue weighted by Crippen LogP contribution is 2.06. The van der Waals surface area contributed by atoms with Crippen LogP contribution in [0.5, 0.6) is 0 Å². The van der Waals surface area contributed by atoms with Crippen molar-refractivity contribution in [3.8, 4) is 0 Å². The fourth-order valence-corrected chi connectivity index (χ4v) is 1.58. The Hall–Kier alpha value is -0.920. The van der Waals surface area contributed by atoms with Crippen molar-refractivity contribution < 1.29 is 9.84 Å². The van der Waals surface area contributed by atoms with Gasteiger partial charge in [-0.2, -0.15) is 5.10 Å². The average molecular weight is 320 g/mol. The Labute approximate surface area is 114 Å². The van der Waals surface area contributed by atoms with E-state index in [-0.39, 0.29) is 12.1 Å². The van der Waals surface area contributed by atoms with Gasteiger partial charge in [-0.3, -0.25) is 4.79 Å². The number of aromatic nitrogens is 2. The third-order valence-corrected chi connectivity index (χ3v) is 3.24. The molecule has 1 atom stereocenters. The van der Waals surface area contributed by atoms with E-state index in [4.69, 9.17) is 4.74 Å². The fourth-order valence-electron chi connectivity index (χ4n) is 1.38. The molecule has 1 N–H and O–H groups in total. The van der Waals surface area contributed by atoms with Gasteiger partial charge in [0.25, 0.3) is 5.56 Å². The van der Waals surface area contributed by atoms with Crippen LogP contribution in [0.2, 0.25) is 0 Å². The summed E-state index contributed by atoms with van der Waals surface area (Å²) in [6, 6.07) is 1.50. The second kappa shape index (κ2) is 7.50. The lowest BCUT2D eigenvalue weighted by atomic mass is 10.4. The van der Waals surface area contributed by atoms with Gasteiger partial charge in [0.2, 0.25) is 0 Å². The van der Waals surface area contributed by atoms with E-state index in [9.17, 15) is 9.90 Å². The van der Waals surface area contributed by atoms with Crippen LogP contribution >= 0.6 is 15.9 Å². The number of likely N-dealkylation sites (N-methyl/N-ethyl adjacent to an activating group) is 1. The van der Waals surface area contributed by atoms with Gasteiger partial charge in [-0.25, -0.2) is 4.68 Å². The summed E-state index contributed by atoms with van der Waals surface area (Å²) in [6.45, 7) is 1.46. The minimum absolute atomic E-state index is 0.187. The Balaban J connectivity index is 2.75. The summed E-state index contributed by atoms with van der Waals surface area (Å²) in [4.78, 5) is 13.7. The molecule has 6 nitrogen and oxygen atoms in total. The number of hydrogen-bond donors (Lipinski definition) is 1. The SMILES string of the molecule is COCCN(C)c1cnn(CC(O)CBr)c(=O)c1. The zero-order valence-corrected chi connectivity index (χ0v) is 12.1. The van der Waals surface area contributed by atoms with Crippen LogP contribution in [0.15, 0.2) is 17.1 Å². The molecular formula is C11H18BrN3O3. The number of methoxy groups -OCH3 is 1. The first-order chi connectivity index (χ1) is 8.58. The summed E-state index contributed by atoms with van der Waals surface area (Å²) < 4.78 is 6.22. The number of rotatable bonds is 7. The van der Waals surface area contributed by atoms with Gasteiger partial charge in [-0.05, 0) is 0 Å². The lowest BCUT2D eigenvalue weighted by molar-refractivity contribution is 0.172. The monoisotopic (exact) mass is 319 g/mol. The maximum atomic E-state index is 11.8. The molecule has 1 heterocycles. The van der Waals surface area contributed by atoms with Crippen molar-refractivity contribution in [2.45, 2.75) is 12.6 Å². The number of aliphatic hydroxyl groups excluding tert-OH is 1. The molecule has 1 aromatic heterocycles. The molecule has 0 bridgehead atoms. The van der Waals surface area contributed by atoms with Crippen molar-refractivity contribution in [1.82, 2.24) is 9.78 Å². The normalized spacial score (nSPS) is 12.4. The van der Waals surface area contributed by atoms with Crippen LogP contribution in [0.1, 0.15) is 0 Å². The molecule has 0 aliphatic carbocycles. The van der Waals surface area contributed by atoms with Gasteiger partial charge in [-0.15, -0.1) is 0 Å². The zero-order valence-electron chi connectivity index (χ0n) is 10.5. The van der Waals surface area contributed by atoms with E-state index < -0.39 is 6.10 Å². The van der Waals surface area contributed by atoms with E-state index in [2.05, 4.69) is 21.0 Å². The summed E-state index contributed by atoms with van der Waals surface area (Å²) in [5.41, 5.74) is 0.512. The molecule has 1 unspecified atom stereocenters. The van der Waals surface area contributed by atoms with E-state index in [1.807, 2.05) is 11.9 Å². The highest BCUT2D eigenvalue weighted by atomic mass is 79.9. The standard InChI is InChI=1S/C11H18BrN3O3/c1-14(3-4-18-2)9-5-11(17)15(13-7-9)8-10(16)6-12/h5,7,10,16H,3-4,6,8H2,1-2H3. The molecule has 0 spiro atoms. The van der Waals surface area contributed by atoms with Gasteiger partial charge in [-0.1, -0.05) is 15.9 Å². The van der Waals surface area contributed by atoms with Gasteiger partial charge in [0, 0.05) is 32.1 Å². The number of alkyl halides is 1. The van der Waals surface area contributed by atoms with Gasteiger partial charge in [0.1, 0.15) is 0 Å². The maximum Gasteiger partial charge on any atom is 0.268 e. The Morgan fingerprint density at radius 2 is 2.39 bits per heavy atom. The van der Waals surface area contributed by atoms with E-state index in [1.54, 1.807) is 13.3 Å². The molecule has 0 saturated carbocycles. The first kappa shape index (κ1) is 15.1. The molecular weight excluding hydrogens is 302 g/mol. The minimum atomic E-state index is -0.618. The molecule has 0 amide bonds. The zero-order chi connectivity index (χ0) is 13.5. The predicted molar refractivity (Wildman–Crippen MR) is 73.4 cm³/mol. The summed E-state index contributed by atoms with van der Waals surface area (Å²) >= 11 is 3.15. The van der Waals surface area contributed by atoms with Crippen molar-refractivity contribution >= 4 is 21.6 Å². The fraction of sp³-hybridized carbons (Fsp3) is 0.636. The summed E-state index contributed by atoms with van der Waals surface area (Å²) in [6.07, 6.45) is 0.991. The maximum absolute atomic E-state index is 11.8. The van der Waals surface area contributed by atoms with Crippen LogP contribution in [0.4, 0.5) is 5.69 Å². The quantitative estimate of drug-likeness (QED) is 0.721. The second-order valence-electron chi connectivity index (χ2n) is 3.96. The van der Waals surface area contributed by atoms with Crippen LogP contribution in [-0.4, -0.2) is 53.6 Å². The van der Waals surface area contributed by atoms with E-state index in [1.165, 1.54) is 10.7 Å². The van der Waals surface area contributed by atoms with Gasteiger partial charge < -0.3 is 14.7 Å². The summed E-state index contributed by atoms with van der Waals surface area (Å²) in [7, 11) is 3.50. The van der Waals surface area contributed by atoms with Crippen LogP contribution in [0.3, 0.4) is 0 Å². The largest absolute Gasteiger partial charge is 0.390 e. The third-order valence-electron chi connectivity index (χ3n) is 2.49. The van der Waals surface area contributed by atoms with Crippen LogP contribution in [0.25, 0.3) is 0 Å². The number of nitrogens with zero attached hydrogens (tertiary/aromatic N) is 3. The van der Waals surface area contributed by atoms with Crippen LogP contribution in [0, 0.1) is 0 Å². The molecule has 102 valence electrons. The van der Waals surface area contributed by atoms with Crippen molar-refractivity contribution in [3.63, 3.8) is 0 Å². The average Bonchev–Trinajstić information content (AvgIpc) is 2.38. The van der Waals surface area contributed by atoms with Crippen molar-refractivity contribution in [3.05, 3.63) is 22.6 Å². The predicted octanol–water partition coefficient (Wildman–Crippen LogP) is 0.0817. The van der Waals surface area contributed by atoms with Crippen molar-refractivity contribution in [1.29, 1.82) is 0 Å². The highest BCUT2D eigenvalue weighted by Gasteiger charge is 2.08. The Kier molecular flexibility index (Phi) is 6.31. The highest BCUT2D eigenvalue weighted by molar-refractivity contribution is 9.09. The lowest BCUT2D eigenvalue weighted by Gasteiger charge is -2.18. The smallest absolute Gasteiger partial charge is 0.268 e. The van der Waals surface area contributed by atoms with E-state index in [0.717, 1.165) is 5.69 Å². The van der Waals surface area contributed by atoms with Crippen molar-refractivity contribution in [2.24, 2.45) is 0 Å².